The molecule has 0 aliphatic carbocycles. The third kappa shape index (κ3) is 5.35. The van der Waals surface area contributed by atoms with Gasteiger partial charge in [-0.05, 0) is 48.7 Å². The van der Waals surface area contributed by atoms with Crippen molar-refractivity contribution in [1.82, 2.24) is 14.1 Å². The Labute approximate surface area is 216 Å². The molecule has 0 radical (unpaired) electrons. The van der Waals surface area contributed by atoms with Gasteiger partial charge in [0.25, 0.3) is 10.0 Å². The lowest BCUT2D eigenvalue weighted by atomic mass is 10.1. The Kier molecular flexibility index (Phi) is 7.18. The molecule has 12 heteroatoms. The number of halogens is 3. The van der Waals surface area contributed by atoms with Gasteiger partial charge in [0.15, 0.2) is 5.69 Å². The number of carbonyl (C=O) groups is 1. The van der Waals surface area contributed by atoms with E-state index in [1.54, 1.807) is 49.4 Å². The molecule has 38 heavy (non-hydrogen) atoms. The highest BCUT2D eigenvalue weighted by atomic mass is 32.2. The molecule has 1 amide bonds. The van der Waals surface area contributed by atoms with Gasteiger partial charge >= 0.3 is 12.3 Å². The Morgan fingerprint density at radius 1 is 1.00 bits per heavy atom. The Balaban J connectivity index is 1.59. The number of aryl methyl sites for hydroxylation is 1. The second kappa shape index (κ2) is 10.2. The monoisotopic (exact) mass is 544 g/mol. The molecule has 0 aliphatic heterocycles. The second-order valence-electron chi connectivity index (χ2n) is 8.47. The number of sulfonamides is 1. The molecule has 1 aromatic heterocycles. The van der Waals surface area contributed by atoms with Crippen LogP contribution in [0, 0.1) is 6.92 Å². The zero-order chi connectivity index (χ0) is 27.7. The molecule has 0 bridgehead atoms. The van der Waals surface area contributed by atoms with Gasteiger partial charge < -0.3 is 10.8 Å². The van der Waals surface area contributed by atoms with Crippen molar-refractivity contribution in [3.8, 4) is 16.8 Å². The van der Waals surface area contributed by atoms with E-state index >= 15 is 0 Å². The quantitative estimate of drug-likeness (QED) is 0.323. The number of hydrogen-bond acceptors (Lipinski definition) is 5. The number of hydrogen-bond donors (Lipinski definition) is 2. The minimum atomic E-state index is -4.74. The summed E-state index contributed by atoms with van der Waals surface area (Å²) in [5, 5.41) is 13.3. The molecule has 0 fully saturated rings. The van der Waals surface area contributed by atoms with E-state index in [1.807, 2.05) is 0 Å². The summed E-state index contributed by atoms with van der Waals surface area (Å²) >= 11 is 0. The van der Waals surface area contributed by atoms with Crippen molar-refractivity contribution in [3.05, 3.63) is 95.7 Å². The van der Waals surface area contributed by atoms with Crippen LogP contribution in [0.2, 0.25) is 0 Å². The fourth-order valence-electron chi connectivity index (χ4n) is 3.91. The van der Waals surface area contributed by atoms with Crippen LogP contribution in [0.3, 0.4) is 0 Å². The molecule has 4 aromatic rings. The first-order chi connectivity index (χ1) is 17.9. The van der Waals surface area contributed by atoms with Crippen LogP contribution in [-0.4, -0.2) is 40.2 Å². The maximum absolute atomic E-state index is 13.8. The van der Waals surface area contributed by atoms with Crippen LogP contribution in [0.1, 0.15) is 16.8 Å². The van der Waals surface area contributed by atoms with Crippen molar-refractivity contribution < 1.29 is 31.5 Å². The lowest BCUT2D eigenvalue weighted by molar-refractivity contribution is -0.140. The van der Waals surface area contributed by atoms with Crippen LogP contribution in [0.4, 0.5) is 23.8 Å². The summed E-state index contributed by atoms with van der Waals surface area (Å²) in [5.41, 5.74) is 6.65. The zero-order valence-corrected chi connectivity index (χ0v) is 20.9. The van der Waals surface area contributed by atoms with Gasteiger partial charge in [-0.25, -0.2) is 22.2 Å². The number of anilines is 1. The third-order valence-corrected chi connectivity index (χ3v) is 7.65. The molecule has 0 atom stereocenters. The molecular weight excluding hydrogens is 521 g/mol. The fraction of sp³-hybridized carbons (Fsp3) is 0.154. The van der Waals surface area contributed by atoms with Crippen LogP contribution < -0.4 is 5.73 Å². The molecule has 4 rings (SSSR count). The molecule has 3 aromatic carbocycles. The number of carboxylic acid groups (broad SMARTS) is 1. The third-order valence-electron chi connectivity index (χ3n) is 5.86. The number of nitrogen functional groups attached to an aromatic ring is 1. The first-order valence-corrected chi connectivity index (χ1v) is 12.8. The van der Waals surface area contributed by atoms with E-state index in [9.17, 15) is 31.5 Å². The molecule has 8 nitrogen and oxygen atoms in total. The minimum Gasteiger partial charge on any atom is -0.464 e. The molecule has 0 saturated carbocycles. The van der Waals surface area contributed by atoms with Crippen LogP contribution in [-0.2, 0) is 22.6 Å². The fourth-order valence-corrected chi connectivity index (χ4v) is 5.18. The smallest absolute Gasteiger partial charge is 0.435 e. The summed E-state index contributed by atoms with van der Waals surface area (Å²) in [7, 11) is -4.29. The number of alkyl halides is 3. The van der Waals surface area contributed by atoms with Gasteiger partial charge in [0.05, 0.1) is 16.1 Å². The molecular formula is C26H23F3N4O4S. The summed E-state index contributed by atoms with van der Waals surface area (Å²) in [5.74, 6) is -0.197. The first-order valence-electron chi connectivity index (χ1n) is 11.3. The molecule has 0 unspecified atom stereocenters. The van der Waals surface area contributed by atoms with E-state index in [0.29, 0.717) is 9.87 Å². The summed E-state index contributed by atoms with van der Waals surface area (Å²) < 4.78 is 68.3. The van der Waals surface area contributed by atoms with Gasteiger partial charge in [-0.1, -0.05) is 60.2 Å². The van der Waals surface area contributed by atoms with E-state index in [4.69, 9.17) is 5.73 Å². The number of benzene rings is 3. The average molecular weight is 545 g/mol. The molecule has 1 heterocycles. The van der Waals surface area contributed by atoms with Crippen molar-refractivity contribution in [3.63, 3.8) is 0 Å². The summed E-state index contributed by atoms with van der Waals surface area (Å²) in [6.07, 6.45) is -6.33. The van der Waals surface area contributed by atoms with Gasteiger partial charge in [0, 0.05) is 6.54 Å². The van der Waals surface area contributed by atoms with Crippen LogP contribution in [0.25, 0.3) is 16.8 Å². The summed E-state index contributed by atoms with van der Waals surface area (Å²) in [6, 6.07) is 19.7. The minimum absolute atomic E-state index is 0.0370. The van der Waals surface area contributed by atoms with Crippen molar-refractivity contribution in [2.24, 2.45) is 0 Å². The molecule has 3 N–H and O–H groups in total. The first kappa shape index (κ1) is 26.7. The standard InChI is InChI=1S/C26H23F3N4O4S/c1-17-7-13-21(14-8-17)38(36,37)32(25(34)35)16-15-18-9-11-20(12-10-18)33-24(30)22(19-5-3-2-4-6-19)23(31-33)26(27,28)29/h2-14H,15-16,30H2,1H3,(H,34,35). The van der Waals surface area contributed by atoms with Gasteiger partial charge in [-0.3, -0.25) is 0 Å². The highest BCUT2D eigenvalue weighted by Gasteiger charge is 2.39. The lowest BCUT2D eigenvalue weighted by Gasteiger charge is -2.19. The van der Waals surface area contributed by atoms with E-state index in [0.717, 1.165) is 10.2 Å². The highest BCUT2D eigenvalue weighted by Crippen LogP contribution is 2.40. The maximum Gasteiger partial charge on any atom is 0.435 e. The number of nitrogens with zero attached hydrogens (tertiary/aromatic N) is 3. The molecule has 0 saturated heterocycles. The van der Waals surface area contributed by atoms with Gasteiger partial charge in [-0.15, -0.1) is 0 Å². The molecule has 198 valence electrons. The Hall–Kier alpha value is -4.32. The van der Waals surface area contributed by atoms with E-state index in [1.165, 1.54) is 36.4 Å². The van der Waals surface area contributed by atoms with Crippen LogP contribution >= 0.6 is 0 Å². The number of rotatable bonds is 7. The number of nitrogens with two attached hydrogens (primary N) is 1. The molecule has 0 spiro atoms. The molecule has 0 aliphatic rings. The summed E-state index contributed by atoms with van der Waals surface area (Å²) in [6.45, 7) is 1.42. The van der Waals surface area contributed by atoms with Gasteiger partial charge in [-0.2, -0.15) is 18.3 Å². The Morgan fingerprint density at radius 3 is 2.16 bits per heavy atom. The SMILES string of the molecule is Cc1ccc(S(=O)(=O)N(CCc2ccc(-n3nc(C(F)(F)F)c(-c4ccccc4)c3N)cc2)C(=O)O)cc1. The Bertz CT molecular complexity index is 1550. The number of amides is 1. The van der Waals surface area contributed by atoms with Crippen molar-refractivity contribution in [1.29, 1.82) is 0 Å². The van der Waals surface area contributed by atoms with Crippen molar-refractivity contribution in [2.45, 2.75) is 24.4 Å². The Morgan fingerprint density at radius 2 is 1.61 bits per heavy atom. The van der Waals surface area contributed by atoms with Crippen LogP contribution in [0.5, 0.6) is 0 Å². The predicted molar refractivity (Wildman–Crippen MR) is 135 cm³/mol. The maximum atomic E-state index is 13.8. The normalized spacial score (nSPS) is 11.9. The lowest BCUT2D eigenvalue weighted by Crippen LogP contribution is -2.37. The number of aromatic nitrogens is 2. The zero-order valence-electron chi connectivity index (χ0n) is 20.1. The average Bonchev–Trinajstić information content (AvgIpc) is 3.22. The second-order valence-corrected chi connectivity index (χ2v) is 10.3. The predicted octanol–water partition coefficient (Wildman–Crippen LogP) is 5.36. The van der Waals surface area contributed by atoms with Crippen molar-refractivity contribution in [2.75, 3.05) is 12.3 Å². The van der Waals surface area contributed by atoms with E-state index in [-0.39, 0.29) is 40.5 Å². The van der Waals surface area contributed by atoms with Crippen LogP contribution in [0.15, 0.2) is 83.8 Å². The van der Waals surface area contributed by atoms with Gasteiger partial charge in [0.1, 0.15) is 5.82 Å². The topological polar surface area (TPSA) is 119 Å². The highest BCUT2D eigenvalue weighted by molar-refractivity contribution is 7.89. The van der Waals surface area contributed by atoms with E-state index < -0.39 is 28.0 Å². The van der Waals surface area contributed by atoms with Crippen molar-refractivity contribution >= 4 is 21.9 Å². The van der Waals surface area contributed by atoms with Gasteiger partial charge in [0.2, 0.25) is 0 Å². The summed E-state index contributed by atoms with van der Waals surface area (Å²) in [4.78, 5) is 11.6. The van der Waals surface area contributed by atoms with E-state index in [2.05, 4.69) is 5.10 Å². The largest absolute Gasteiger partial charge is 0.464 e.